The van der Waals surface area contributed by atoms with Crippen molar-refractivity contribution in [2.45, 2.75) is 30.5 Å². The van der Waals surface area contributed by atoms with Gasteiger partial charge in [0, 0.05) is 23.1 Å². The first-order chi connectivity index (χ1) is 15.5. The van der Waals surface area contributed by atoms with E-state index in [1.807, 2.05) is 85.1 Å². The zero-order valence-corrected chi connectivity index (χ0v) is 18.6. The number of hydrogen-bond donors (Lipinski definition) is 2. The Morgan fingerprint density at radius 2 is 1.75 bits per heavy atom. The SMILES string of the molecule is CCC(Sc1nc(C)cc2c1c(=O)cc(Nc1ccccc1)n2-c1ccccc1)C(=O)O. The van der Waals surface area contributed by atoms with E-state index in [0.717, 1.165) is 23.1 Å². The summed E-state index contributed by atoms with van der Waals surface area (Å²) in [5.41, 5.74) is 2.91. The van der Waals surface area contributed by atoms with Gasteiger partial charge in [-0.1, -0.05) is 55.1 Å². The number of para-hydroxylation sites is 2. The van der Waals surface area contributed by atoms with Crippen LogP contribution in [0.25, 0.3) is 16.6 Å². The van der Waals surface area contributed by atoms with Gasteiger partial charge in [0.25, 0.3) is 0 Å². The Morgan fingerprint density at radius 3 is 2.38 bits per heavy atom. The van der Waals surface area contributed by atoms with Crippen LogP contribution in [0.1, 0.15) is 19.0 Å². The topological polar surface area (TPSA) is 84.2 Å². The number of carboxylic acid groups (broad SMARTS) is 1. The van der Waals surface area contributed by atoms with Gasteiger partial charge in [-0.3, -0.25) is 14.2 Å². The average Bonchev–Trinajstić information content (AvgIpc) is 2.78. The molecule has 4 aromatic rings. The Kier molecular flexibility index (Phi) is 6.28. The van der Waals surface area contributed by atoms with Crippen LogP contribution in [0.2, 0.25) is 0 Å². The summed E-state index contributed by atoms with van der Waals surface area (Å²) in [6.07, 6.45) is 0.428. The van der Waals surface area contributed by atoms with E-state index >= 15 is 0 Å². The van der Waals surface area contributed by atoms with Gasteiger partial charge in [0.1, 0.15) is 16.1 Å². The van der Waals surface area contributed by atoms with Crippen LogP contribution in [-0.2, 0) is 4.79 Å². The number of thioether (sulfide) groups is 1. The molecule has 0 saturated heterocycles. The predicted octanol–water partition coefficient (Wildman–Crippen LogP) is 5.39. The van der Waals surface area contributed by atoms with Crippen LogP contribution in [-0.4, -0.2) is 25.9 Å². The second-order valence-corrected chi connectivity index (χ2v) is 8.56. The van der Waals surface area contributed by atoms with Gasteiger partial charge in [0.05, 0.1) is 10.9 Å². The molecule has 0 bridgehead atoms. The summed E-state index contributed by atoms with van der Waals surface area (Å²) < 4.78 is 1.98. The van der Waals surface area contributed by atoms with Crippen molar-refractivity contribution in [1.82, 2.24) is 9.55 Å². The number of pyridine rings is 2. The predicted molar refractivity (Wildman–Crippen MR) is 129 cm³/mol. The van der Waals surface area contributed by atoms with E-state index in [4.69, 9.17) is 0 Å². The number of aryl methyl sites for hydroxylation is 1. The maximum atomic E-state index is 13.3. The van der Waals surface area contributed by atoms with E-state index in [9.17, 15) is 14.7 Å². The molecule has 7 heteroatoms. The number of aliphatic carboxylic acids is 1. The molecule has 1 atom stereocenters. The Balaban J connectivity index is 2.00. The van der Waals surface area contributed by atoms with Crippen LogP contribution in [0.5, 0.6) is 0 Å². The van der Waals surface area contributed by atoms with Crippen molar-refractivity contribution in [3.8, 4) is 5.69 Å². The van der Waals surface area contributed by atoms with Crippen molar-refractivity contribution in [2.24, 2.45) is 0 Å². The van der Waals surface area contributed by atoms with Gasteiger partial charge in [-0.25, -0.2) is 4.98 Å². The number of rotatable bonds is 7. The molecule has 32 heavy (non-hydrogen) atoms. The molecular weight excluding hydrogens is 422 g/mol. The minimum Gasteiger partial charge on any atom is -0.480 e. The number of nitrogens with zero attached hydrogens (tertiary/aromatic N) is 2. The molecule has 2 N–H and O–H groups in total. The fourth-order valence-corrected chi connectivity index (χ4v) is 4.63. The summed E-state index contributed by atoms with van der Waals surface area (Å²) in [6, 6.07) is 22.8. The molecule has 0 fully saturated rings. The molecule has 0 aliphatic rings. The molecule has 4 rings (SSSR count). The highest BCUT2D eigenvalue weighted by molar-refractivity contribution is 8.00. The van der Waals surface area contributed by atoms with Crippen molar-refractivity contribution in [3.05, 3.63) is 88.7 Å². The molecule has 1 unspecified atom stereocenters. The Bertz CT molecular complexity index is 1320. The minimum absolute atomic E-state index is 0.208. The Hall–Kier alpha value is -3.58. The van der Waals surface area contributed by atoms with Crippen LogP contribution >= 0.6 is 11.8 Å². The largest absolute Gasteiger partial charge is 0.480 e. The van der Waals surface area contributed by atoms with Gasteiger partial charge < -0.3 is 10.4 Å². The standard InChI is InChI=1S/C25H23N3O3S/c1-3-21(25(30)31)32-24-23-19(14-16(2)26-24)28(18-12-8-5-9-13-18)22(15-20(23)29)27-17-10-6-4-7-11-17/h4-15,21,27H,3H2,1-2H3,(H,30,31). The number of carbonyl (C=O) groups is 1. The number of anilines is 2. The summed E-state index contributed by atoms with van der Waals surface area (Å²) in [6.45, 7) is 3.66. The maximum Gasteiger partial charge on any atom is 0.317 e. The zero-order valence-electron chi connectivity index (χ0n) is 17.8. The number of benzene rings is 2. The lowest BCUT2D eigenvalue weighted by Gasteiger charge is -2.20. The summed E-state index contributed by atoms with van der Waals surface area (Å²) in [5, 5.41) is 13.1. The van der Waals surface area contributed by atoms with E-state index in [1.165, 1.54) is 0 Å². The van der Waals surface area contributed by atoms with Crippen molar-refractivity contribution in [3.63, 3.8) is 0 Å². The molecule has 0 aliphatic heterocycles. The van der Waals surface area contributed by atoms with Crippen LogP contribution in [0.3, 0.4) is 0 Å². The van der Waals surface area contributed by atoms with Gasteiger partial charge in [0.2, 0.25) is 0 Å². The first-order valence-electron chi connectivity index (χ1n) is 10.3. The average molecular weight is 446 g/mol. The molecule has 162 valence electrons. The van der Waals surface area contributed by atoms with Crippen molar-refractivity contribution >= 4 is 40.1 Å². The lowest BCUT2D eigenvalue weighted by molar-refractivity contribution is -0.136. The molecule has 2 aromatic heterocycles. The third kappa shape index (κ3) is 4.38. The van der Waals surface area contributed by atoms with Crippen LogP contribution in [0.15, 0.2) is 82.6 Å². The van der Waals surface area contributed by atoms with Crippen LogP contribution < -0.4 is 10.7 Å². The number of fused-ring (bicyclic) bond motifs is 1. The molecular formula is C25H23N3O3S. The molecule has 2 aromatic carbocycles. The van der Waals surface area contributed by atoms with Crippen molar-refractivity contribution in [2.75, 3.05) is 5.32 Å². The molecule has 0 aliphatic carbocycles. The van der Waals surface area contributed by atoms with E-state index in [1.54, 1.807) is 6.07 Å². The summed E-state index contributed by atoms with van der Waals surface area (Å²) in [7, 11) is 0. The van der Waals surface area contributed by atoms with Crippen LogP contribution in [0, 0.1) is 6.92 Å². The number of hydrogen-bond acceptors (Lipinski definition) is 5. The summed E-state index contributed by atoms with van der Waals surface area (Å²) in [5.74, 6) is -0.300. The minimum atomic E-state index is -0.917. The lowest BCUT2D eigenvalue weighted by atomic mass is 10.2. The molecule has 2 heterocycles. The van der Waals surface area contributed by atoms with Gasteiger partial charge >= 0.3 is 5.97 Å². The first-order valence-corrected chi connectivity index (χ1v) is 11.2. The Morgan fingerprint density at radius 1 is 1.09 bits per heavy atom. The fourth-order valence-electron chi connectivity index (χ4n) is 3.57. The van der Waals surface area contributed by atoms with Gasteiger partial charge in [-0.15, -0.1) is 0 Å². The van der Waals surface area contributed by atoms with E-state index in [0.29, 0.717) is 33.9 Å². The molecule has 0 spiro atoms. The summed E-state index contributed by atoms with van der Waals surface area (Å²) >= 11 is 1.12. The lowest BCUT2D eigenvalue weighted by Crippen LogP contribution is -2.17. The number of nitrogens with one attached hydrogen (secondary N) is 1. The van der Waals surface area contributed by atoms with E-state index < -0.39 is 11.2 Å². The third-order valence-corrected chi connectivity index (χ3v) is 6.39. The van der Waals surface area contributed by atoms with E-state index in [-0.39, 0.29) is 5.43 Å². The summed E-state index contributed by atoms with van der Waals surface area (Å²) in [4.78, 5) is 29.5. The molecule has 0 saturated carbocycles. The monoisotopic (exact) mass is 445 g/mol. The quantitative estimate of drug-likeness (QED) is 0.371. The van der Waals surface area contributed by atoms with Gasteiger partial charge in [0.15, 0.2) is 5.43 Å². The number of carboxylic acids is 1. The first kappa shape index (κ1) is 21.6. The highest BCUT2D eigenvalue weighted by atomic mass is 32.2. The second-order valence-electron chi connectivity index (χ2n) is 7.37. The smallest absolute Gasteiger partial charge is 0.317 e. The van der Waals surface area contributed by atoms with E-state index in [2.05, 4.69) is 10.3 Å². The van der Waals surface area contributed by atoms with Gasteiger partial charge in [-0.05, 0) is 43.7 Å². The second kappa shape index (κ2) is 9.28. The van der Waals surface area contributed by atoms with Crippen molar-refractivity contribution in [1.29, 1.82) is 0 Å². The zero-order chi connectivity index (χ0) is 22.7. The van der Waals surface area contributed by atoms with Crippen molar-refractivity contribution < 1.29 is 9.90 Å². The van der Waals surface area contributed by atoms with Crippen LogP contribution in [0.4, 0.5) is 11.5 Å². The molecule has 0 radical (unpaired) electrons. The molecule has 0 amide bonds. The van der Waals surface area contributed by atoms with Gasteiger partial charge in [-0.2, -0.15) is 0 Å². The highest BCUT2D eigenvalue weighted by Gasteiger charge is 2.22. The highest BCUT2D eigenvalue weighted by Crippen LogP contribution is 2.33. The number of aromatic nitrogens is 2. The maximum absolute atomic E-state index is 13.3. The third-order valence-electron chi connectivity index (χ3n) is 5.05. The Labute approximate surface area is 189 Å². The molecule has 6 nitrogen and oxygen atoms in total. The fraction of sp³-hybridized carbons (Fsp3) is 0.160. The normalized spacial score (nSPS) is 11.9.